The van der Waals surface area contributed by atoms with Crippen molar-refractivity contribution in [2.45, 2.75) is 38.8 Å². The molecule has 0 bridgehead atoms. The Kier molecular flexibility index (Phi) is 5.73. The Bertz CT molecular complexity index is 482. The van der Waals surface area contributed by atoms with E-state index in [-0.39, 0.29) is 6.04 Å². The van der Waals surface area contributed by atoms with Crippen molar-refractivity contribution < 1.29 is 9.47 Å². The van der Waals surface area contributed by atoms with Gasteiger partial charge in [-0.05, 0) is 38.1 Å². The lowest BCUT2D eigenvalue weighted by molar-refractivity contribution is 0.166. The summed E-state index contributed by atoms with van der Waals surface area (Å²) in [5.41, 5.74) is 7.09. The summed E-state index contributed by atoms with van der Waals surface area (Å²) in [6, 6.07) is 4.55. The van der Waals surface area contributed by atoms with Crippen molar-refractivity contribution in [2.24, 2.45) is 5.73 Å². The Morgan fingerprint density at radius 1 is 1.33 bits per heavy atom. The molecular weight excluding hydrogens is 288 g/mol. The van der Waals surface area contributed by atoms with Gasteiger partial charge in [0.25, 0.3) is 0 Å². The summed E-state index contributed by atoms with van der Waals surface area (Å²) < 4.78 is 11.2. The van der Waals surface area contributed by atoms with Crippen LogP contribution in [0.5, 0.6) is 11.5 Å². The molecule has 1 aliphatic rings. The highest BCUT2D eigenvalue weighted by atomic mass is 35.5. The molecule has 2 unspecified atom stereocenters. The van der Waals surface area contributed by atoms with Crippen LogP contribution in [-0.4, -0.2) is 37.7 Å². The van der Waals surface area contributed by atoms with Crippen LogP contribution in [0, 0.1) is 0 Å². The fourth-order valence-electron chi connectivity index (χ4n) is 2.79. The number of benzene rings is 1. The van der Waals surface area contributed by atoms with E-state index in [0.717, 1.165) is 24.2 Å². The molecule has 0 saturated carbocycles. The largest absolute Gasteiger partial charge is 0.486 e. The fraction of sp³-hybridized carbons (Fsp3) is 0.625. The van der Waals surface area contributed by atoms with Gasteiger partial charge in [-0.25, -0.2) is 0 Å². The Hall–Kier alpha value is -0.970. The smallest absolute Gasteiger partial charge is 0.179 e. The van der Waals surface area contributed by atoms with E-state index in [1.54, 1.807) is 0 Å². The van der Waals surface area contributed by atoms with Crippen LogP contribution in [-0.2, 0) is 0 Å². The summed E-state index contributed by atoms with van der Waals surface area (Å²) in [5.74, 6) is 1.37. The van der Waals surface area contributed by atoms with Gasteiger partial charge in [-0.1, -0.05) is 24.9 Å². The van der Waals surface area contributed by atoms with Gasteiger partial charge in [0.05, 0.1) is 5.02 Å². The predicted octanol–water partition coefficient (Wildman–Crippen LogP) is 3.23. The molecule has 0 spiro atoms. The monoisotopic (exact) mass is 312 g/mol. The third kappa shape index (κ3) is 3.62. The maximum absolute atomic E-state index is 6.33. The molecule has 0 fully saturated rings. The summed E-state index contributed by atoms with van der Waals surface area (Å²) in [6.45, 7) is 6.07. The molecule has 2 atom stereocenters. The van der Waals surface area contributed by atoms with Crippen molar-refractivity contribution >= 4 is 11.6 Å². The van der Waals surface area contributed by atoms with Gasteiger partial charge in [0.1, 0.15) is 13.2 Å². The van der Waals surface area contributed by atoms with Crippen molar-refractivity contribution in [1.29, 1.82) is 0 Å². The minimum absolute atomic E-state index is 0.125. The van der Waals surface area contributed by atoms with Crippen LogP contribution in [0.1, 0.15) is 38.3 Å². The zero-order valence-corrected chi connectivity index (χ0v) is 13.8. The van der Waals surface area contributed by atoms with Crippen LogP contribution >= 0.6 is 11.6 Å². The molecule has 0 radical (unpaired) electrons. The quantitative estimate of drug-likeness (QED) is 0.876. The molecule has 2 rings (SSSR count). The van der Waals surface area contributed by atoms with Gasteiger partial charge in [-0.3, -0.25) is 4.90 Å². The van der Waals surface area contributed by atoms with Crippen LogP contribution in [0.25, 0.3) is 0 Å². The molecule has 2 N–H and O–H groups in total. The Morgan fingerprint density at radius 3 is 2.71 bits per heavy atom. The van der Waals surface area contributed by atoms with Crippen molar-refractivity contribution in [1.82, 2.24) is 4.90 Å². The van der Waals surface area contributed by atoms with E-state index < -0.39 is 0 Å². The maximum Gasteiger partial charge on any atom is 0.179 e. The van der Waals surface area contributed by atoms with Gasteiger partial charge >= 0.3 is 0 Å². The highest BCUT2D eigenvalue weighted by Gasteiger charge is 2.24. The number of likely N-dealkylation sites (N-methyl/N-ethyl adjacent to an activating group) is 1. The van der Waals surface area contributed by atoms with Gasteiger partial charge in [-0.15, -0.1) is 0 Å². The van der Waals surface area contributed by atoms with Gasteiger partial charge in [0.15, 0.2) is 11.5 Å². The fourth-order valence-corrected chi connectivity index (χ4v) is 3.06. The Morgan fingerprint density at radius 2 is 2.05 bits per heavy atom. The number of hydrogen-bond acceptors (Lipinski definition) is 4. The number of nitrogens with zero attached hydrogens (tertiary/aromatic N) is 1. The van der Waals surface area contributed by atoms with E-state index in [0.29, 0.717) is 36.6 Å². The molecule has 1 heterocycles. The first-order valence-corrected chi connectivity index (χ1v) is 7.97. The standard InChI is InChI=1S/C16H25ClN2O2/c1-4-5-11(2)19(3)14(10-18)12-8-13(17)16-15(9-12)20-6-7-21-16/h8-9,11,14H,4-7,10,18H2,1-3H3. The van der Waals surface area contributed by atoms with Crippen molar-refractivity contribution in [3.63, 3.8) is 0 Å². The molecule has 5 heteroatoms. The van der Waals surface area contributed by atoms with Crippen LogP contribution in [0.2, 0.25) is 5.02 Å². The van der Waals surface area contributed by atoms with Crippen LogP contribution in [0.3, 0.4) is 0 Å². The van der Waals surface area contributed by atoms with Crippen molar-refractivity contribution in [3.05, 3.63) is 22.7 Å². The number of halogens is 1. The molecule has 4 nitrogen and oxygen atoms in total. The summed E-state index contributed by atoms with van der Waals surface area (Å²) >= 11 is 6.33. The SMILES string of the molecule is CCCC(C)N(C)C(CN)c1cc(Cl)c2c(c1)OCCO2. The Labute approximate surface area is 132 Å². The molecule has 118 valence electrons. The lowest BCUT2D eigenvalue weighted by Crippen LogP contribution is -2.37. The molecule has 1 aliphatic heterocycles. The van der Waals surface area contributed by atoms with Gasteiger partial charge in [-0.2, -0.15) is 0 Å². The topological polar surface area (TPSA) is 47.7 Å². The van der Waals surface area contributed by atoms with Gasteiger partial charge in [0, 0.05) is 18.6 Å². The molecule has 1 aromatic carbocycles. The zero-order valence-electron chi connectivity index (χ0n) is 13.1. The van der Waals surface area contributed by atoms with E-state index in [2.05, 4.69) is 25.8 Å². The van der Waals surface area contributed by atoms with E-state index in [4.69, 9.17) is 26.8 Å². The first-order chi connectivity index (χ1) is 10.1. The van der Waals surface area contributed by atoms with Gasteiger partial charge < -0.3 is 15.2 Å². The van der Waals surface area contributed by atoms with Crippen LogP contribution in [0.4, 0.5) is 0 Å². The third-order valence-corrected chi connectivity index (χ3v) is 4.40. The minimum Gasteiger partial charge on any atom is -0.486 e. The third-order valence-electron chi connectivity index (χ3n) is 4.12. The van der Waals surface area contributed by atoms with Crippen molar-refractivity contribution in [2.75, 3.05) is 26.8 Å². The number of rotatable bonds is 6. The summed E-state index contributed by atoms with van der Waals surface area (Å²) in [4.78, 5) is 2.31. The summed E-state index contributed by atoms with van der Waals surface area (Å²) in [6.07, 6.45) is 2.30. The highest BCUT2D eigenvalue weighted by molar-refractivity contribution is 6.32. The number of fused-ring (bicyclic) bond motifs is 1. The second-order valence-corrected chi connectivity index (χ2v) is 5.99. The molecule has 0 amide bonds. The summed E-state index contributed by atoms with van der Waals surface area (Å²) in [7, 11) is 2.11. The number of hydrogen-bond donors (Lipinski definition) is 1. The number of nitrogens with two attached hydrogens (primary N) is 1. The van der Waals surface area contributed by atoms with Crippen molar-refractivity contribution in [3.8, 4) is 11.5 Å². The van der Waals surface area contributed by atoms with E-state index in [1.807, 2.05) is 12.1 Å². The number of ether oxygens (including phenoxy) is 2. The Balaban J connectivity index is 2.27. The van der Waals surface area contributed by atoms with Crippen LogP contribution in [0.15, 0.2) is 12.1 Å². The average molecular weight is 313 g/mol. The van der Waals surface area contributed by atoms with Crippen LogP contribution < -0.4 is 15.2 Å². The average Bonchev–Trinajstić information content (AvgIpc) is 2.48. The molecule has 0 aromatic heterocycles. The maximum atomic E-state index is 6.33. The summed E-state index contributed by atoms with van der Waals surface area (Å²) in [5, 5.41) is 0.595. The second-order valence-electron chi connectivity index (χ2n) is 5.58. The van der Waals surface area contributed by atoms with E-state index >= 15 is 0 Å². The van der Waals surface area contributed by atoms with Gasteiger partial charge in [0.2, 0.25) is 0 Å². The molecule has 1 aromatic rings. The molecule has 0 saturated heterocycles. The lowest BCUT2D eigenvalue weighted by Gasteiger charge is -2.33. The second kappa shape index (κ2) is 7.34. The molecule has 0 aliphatic carbocycles. The molecule has 21 heavy (non-hydrogen) atoms. The predicted molar refractivity (Wildman–Crippen MR) is 86.4 cm³/mol. The van der Waals surface area contributed by atoms with E-state index in [9.17, 15) is 0 Å². The lowest BCUT2D eigenvalue weighted by atomic mass is 10.0. The zero-order chi connectivity index (χ0) is 15.4. The molecular formula is C16H25ClN2O2. The first-order valence-electron chi connectivity index (χ1n) is 7.59. The highest BCUT2D eigenvalue weighted by Crippen LogP contribution is 2.40. The van der Waals surface area contributed by atoms with E-state index in [1.165, 1.54) is 0 Å². The normalized spacial score (nSPS) is 16.9. The first kappa shape index (κ1) is 16.4. The minimum atomic E-state index is 0.125.